The smallest absolute Gasteiger partial charge is 0.341 e. The Labute approximate surface area is 176 Å². The molecule has 2 N–H and O–H groups in total. The molecule has 2 aromatic heterocycles. The van der Waals surface area contributed by atoms with E-state index in [2.05, 4.69) is 5.32 Å². The fourth-order valence-corrected chi connectivity index (χ4v) is 4.06. The first kappa shape index (κ1) is 19.6. The Morgan fingerprint density at radius 1 is 1.10 bits per heavy atom. The molecule has 0 aliphatic rings. The van der Waals surface area contributed by atoms with Gasteiger partial charge in [0.25, 0.3) is 5.91 Å². The Morgan fingerprint density at radius 2 is 1.83 bits per heavy atom. The average Bonchev–Trinajstić information content (AvgIpc) is 3.17. The Morgan fingerprint density at radius 3 is 2.60 bits per heavy atom. The number of carbonyl (C=O) groups excluding carboxylic acids is 2. The van der Waals surface area contributed by atoms with Crippen LogP contribution < -0.4 is 10.9 Å². The van der Waals surface area contributed by atoms with Gasteiger partial charge in [-0.2, -0.15) is 0 Å². The SMILES string of the molecule is CCOC(=O)c1c(-c2ccccc2)csc1NC(=O)c1cc2ccccc2oc1=N. The summed E-state index contributed by atoms with van der Waals surface area (Å²) in [6.07, 6.45) is 0. The van der Waals surface area contributed by atoms with E-state index >= 15 is 0 Å². The highest BCUT2D eigenvalue weighted by Crippen LogP contribution is 2.36. The number of carbonyl (C=O) groups is 2. The largest absolute Gasteiger partial charge is 0.462 e. The van der Waals surface area contributed by atoms with Crippen molar-refractivity contribution >= 4 is 39.2 Å². The molecule has 0 bridgehead atoms. The van der Waals surface area contributed by atoms with E-state index in [4.69, 9.17) is 14.6 Å². The molecule has 0 spiro atoms. The molecule has 7 heteroatoms. The van der Waals surface area contributed by atoms with Crippen molar-refractivity contribution in [2.75, 3.05) is 11.9 Å². The molecule has 0 aliphatic heterocycles. The summed E-state index contributed by atoms with van der Waals surface area (Å²) in [6, 6.07) is 18.2. The first-order chi connectivity index (χ1) is 14.6. The number of anilines is 1. The lowest BCUT2D eigenvalue weighted by atomic mass is 10.0. The predicted octanol–water partition coefficient (Wildman–Crippen LogP) is 5.07. The van der Waals surface area contributed by atoms with Gasteiger partial charge in [0.15, 0.2) is 0 Å². The third-order valence-electron chi connectivity index (χ3n) is 4.50. The van der Waals surface area contributed by atoms with Gasteiger partial charge in [-0.05, 0) is 24.6 Å². The molecule has 0 fully saturated rings. The van der Waals surface area contributed by atoms with Gasteiger partial charge in [0.2, 0.25) is 5.55 Å². The van der Waals surface area contributed by atoms with E-state index in [0.717, 1.165) is 5.56 Å². The number of para-hydroxylation sites is 1. The Kier molecular flexibility index (Phi) is 5.45. The Hall–Kier alpha value is -3.71. The highest BCUT2D eigenvalue weighted by Gasteiger charge is 2.23. The Bertz CT molecular complexity index is 1290. The van der Waals surface area contributed by atoms with E-state index in [-0.39, 0.29) is 17.7 Å². The van der Waals surface area contributed by atoms with Crippen LogP contribution in [0, 0.1) is 5.41 Å². The first-order valence-electron chi connectivity index (χ1n) is 9.31. The molecule has 0 atom stereocenters. The van der Waals surface area contributed by atoms with E-state index < -0.39 is 11.9 Å². The van der Waals surface area contributed by atoms with E-state index in [1.165, 1.54) is 11.3 Å². The van der Waals surface area contributed by atoms with Crippen LogP contribution in [-0.4, -0.2) is 18.5 Å². The van der Waals surface area contributed by atoms with Crippen molar-refractivity contribution < 1.29 is 18.7 Å². The van der Waals surface area contributed by atoms with Gasteiger partial charge in [0.05, 0.1) is 6.61 Å². The van der Waals surface area contributed by atoms with Crippen LogP contribution in [0.4, 0.5) is 5.00 Å². The second kappa shape index (κ2) is 8.34. The Balaban J connectivity index is 1.73. The normalized spacial score (nSPS) is 10.7. The van der Waals surface area contributed by atoms with Crippen molar-refractivity contribution in [1.82, 2.24) is 0 Å². The number of amides is 1. The summed E-state index contributed by atoms with van der Waals surface area (Å²) in [5, 5.41) is 13.7. The van der Waals surface area contributed by atoms with Crippen LogP contribution in [0.15, 0.2) is 70.5 Å². The van der Waals surface area contributed by atoms with E-state index in [9.17, 15) is 9.59 Å². The highest BCUT2D eigenvalue weighted by atomic mass is 32.1. The number of rotatable bonds is 5. The van der Waals surface area contributed by atoms with Crippen LogP contribution in [0.2, 0.25) is 0 Å². The molecule has 2 aromatic carbocycles. The molecule has 150 valence electrons. The van der Waals surface area contributed by atoms with E-state index in [1.54, 1.807) is 31.2 Å². The highest BCUT2D eigenvalue weighted by molar-refractivity contribution is 7.15. The number of thiophene rings is 1. The topological polar surface area (TPSA) is 92.4 Å². The van der Waals surface area contributed by atoms with E-state index in [1.807, 2.05) is 41.8 Å². The number of hydrogen-bond acceptors (Lipinski definition) is 6. The van der Waals surface area contributed by atoms with Crippen LogP contribution in [0.1, 0.15) is 27.6 Å². The van der Waals surface area contributed by atoms with Crippen LogP contribution in [-0.2, 0) is 4.74 Å². The van der Waals surface area contributed by atoms with Gasteiger partial charge in [0, 0.05) is 16.3 Å². The quantitative estimate of drug-likeness (QED) is 0.443. The minimum absolute atomic E-state index is 0.0816. The van der Waals surface area contributed by atoms with Crippen molar-refractivity contribution in [2.24, 2.45) is 0 Å². The maximum absolute atomic E-state index is 12.9. The standard InChI is InChI=1S/C23H18N2O4S/c1-2-28-23(27)19-17(14-8-4-3-5-9-14)13-30-22(19)25-21(26)16-12-15-10-6-7-11-18(15)29-20(16)24/h3-13,24H,2H2,1H3,(H,25,26). The average molecular weight is 418 g/mol. The predicted molar refractivity (Wildman–Crippen MR) is 116 cm³/mol. The fraction of sp³-hybridized carbons (Fsp3) is 0.0870. The third-order valence-corrected chi connectivity index (χ3v) is 5.40. The lowest BCUT2D eigenvalue weighted by molar-refractivity contribution is 0.0529. The van der Waals surface area contributed by atoms with Crippen molar-refractivity contribution in [3.8, 4) is 11.1 Å². The maximum atomic E-state index is 12.9. The molecule has 1 amide bonds. The van der Waals surface area contributed by atoms with Crippen molar-refractivity contribution in [2.45, 2.75) is 6.92 Å². The van der Waals surface area contributed by atoms with Gasteiger partial charge >= 0.3 is 5.97 Å². The summed E-state index contributed by atoms with van der Waals surface area (Å²) in [7, 11) is 0. The van der Waals surface area contributed by atoms with Crippen LogP contribution in [0.3, 0.4) is 0 Å². The molecule has 0 unspecified atom stereocenters. The van der Waals surface area contributed by atoms with Crippen LogP contribution in [0.25, 0.3) is 22.1 Å². The van der Waals surface area contributed by atoms with Gasteiger partial charge in [-0.1, -0.05) is 48.5 Å². The van der Waals surface area contributed by atoms with E-state index in [0.29, 0.717) is 27.1 Å². The van der Waals surface area contributed by atoms with Gasteiger partial charge in [0.1, 0.15) is 21.7 Å². The molecule has 4 rings (SSSR count). The molecule has 2 heterocycles. The summed E-state index contributed by atoms with van der Waals surface area (Å²) in [6.45, 7) is 1.95. The zero-order valence-electron chi connectivity index (χ0n) is 16.1. The third kappa shape index (κ3) is 3.75. The number of benzene rings is 2. The van der Waals surface area contributed by atoms with Gasteiger partial charge in [-0.25, -0.2) is 4.79 Å². The molecule has 0 aliphatic carbocycles. The zero-order valence-corrected chi connectivity index (χ0v) is 16.9. The van der Waals surface area contributed by atoms with Crippen LogP contribution in [0.5, 0.6) is 0 Å². The molecule has 30 heavy (non-hydrogen) atoms. The summed E-state index contributed by atoms with van der Waals surface area (Å²) in [5.74, 6) is -1.04. The molecule has 4 aromatic rings. The van der Waals surface area contributed by atoms with Crippen molar-refractivity contribution in [3.63, 3.8) is 0 Å². The fourth-order valence-electron chi connectivity index (χ4n) is 3.10. The zero-order chi connectivity index (χ0) is 21.1. The second-order valence-corrected chi connectivity index (χ2v) is 7.30. The minimum atomic E-state index is -0.526. The number of fused-ring (bicyclic) bond motifs is 1. The molecule has 0 radical (unpaired) electrons. The lowest BCUT2D eigenvalue weighted by Gasteiger charge is -2.09. The number of nitrogens with one attached hydrogen (secondary N) is 2. The van der Waals surface area contributed by atoms with Gasteiger partial charge in [-0.15, -0.1) is 11.3 Å². The minimum Gasteiger partial charge on any atom is -0.462 e. The van der Waals surface area contributed by atoms with Crippen LogP contribution >= 0.6 is 11.3 Å². The summed E-state index contributed by atoms with van der Waals surface area (Å²) >= 11 is 1.23. The first-order valence-corrected chi connectivity index (χ1v) is 10.2. The molecule has 0 saturated carbocycles. The second-order valence-electron chi connectivity index (χ2n) is 6.42. The lowest BCUT2D eigenvalue weighted by Crippen LogP contribution is -2.21. The monoisotopic (exact) mass is 418 g/mol. The number of hydrogen-bond donors (Lipinski definition) is 2. The molecule has 6 nitrogen and oxygen atoms in total. The number of ether oxygens (including phenoxy) is 1. The molecule has 0 saturated heterocycles. The van der Waals surface area contributed by atoms with Gasteiger partial charge < -0.3 is 14.5 Å². The maximum Gasteiger partial charge on any atom is 0.341 e. The summed E-state index contributed by atoms with van der Waals surface area (Å²) in [4.78, 5) is 25.6. The molecular weight excluding hydrogens is 400 g/mol. The van der Waals surface area contributed by atoms with Gasteiger partial charge in [-0.3, -0.25) is 10.2 Å². The van der Waals surface area contributed by atoms with Crippen molar-refractivity contribution in [1.29, 1.82) is 5.41 Å². The number of esters is 1. The summed E-state index contributed by atoms with van der Waals surface area (Å²) in [5.41, 5.74) is 2.18. The molecular formula is C23H18N2O4S. The van der Waals surface area contributed by atoms with Crippen molar-refractivity contribution in [3.05, 3.63) is 82.7 Å². The summed E-state index contributed by atoms with van der Waals surface area (Å²) < 4.78 is 10.7.